The molecule has 6 nitrogen and oxygen atoms in total. The monoisotopic (exact) mass is 394 g/mol. The predicted molar refractivity (Wildman–Crippen MR) is 101 cm³/mol. The van der Waals surface area contributed by atoms with Crippen LogP contribution in [0.2, 0.25) is 0 Å². The third-order valence-corrected chi connectivity index (χ3v) is 5.29. The first-order valence-electron chi connectivity index (χ1n) is 8.56. The molecule has 0 saturated carbocycles. The molecule has 0 radical (unpaired) electrons. The van der Waals surface area contributed by atoms with Crippen molar-refractivity contribution in [3.63, 3.8) is 0 Å². The molecule has 0 atom stereocenters. The molecule has 0 saturated heterocycles. The molecule has 0 aliphatic rings. The number of nitrogens with one attached hydrogen (secondary N) is 2. The molecule has 2 N–H and O–H groups in total. The summed E-state index contributed by atoms with van der Waals surface area (Å²) < 4.78 is 44.8. The van der Waals surface area contributed by atoms with Gasteiger partial charge in [0.2, 0.25) is 15.9 Å². The number of halogens is 1. The van der Waals surface area contributed by atoms with Gasteiger partial charge in [-0.3, -0.25) is 4.79 Å². The van der Waals surface area contributed by atoms with Gasteiger partial charge >= 0.3 is 0 Å². The molecule has 0 aliphatic heterocycles. The molecular formula is C19H23FN2O4S. The molecule has 2 aromatic rings. The summed E-state index contributed by atoms with van der Waals surface area (Å²) in [6, 6.07) is 10.4. The first-order chi connectivity index (χ1) is 12.8. The van der Waals surface area contributed by atoms with Gasteiger partial charge in [-0.15, -0.1) is 0 Å². The molecule has 0 heterocycles. The zero-order valence-corrected chi connectivity index (χ0v) is 16.1. The lowest BCUT2D eigenvalue weighted by Crippen LogP contribution is -2.29. The summed E-state index contributed by atoms with van der Waals surface area (Å²) in [5, 5.41) is 2.72. The van der Waals surface area contributed by atoms with Crippen molar-refractivity contribution in [3.8, 4) is 5.75 Å². The molecule has 27 heavy (non-hydrogen) atoms. The third kappa shape index (κ3) is 6.33. The summed E-state index contributed by atoms with van der Waals surface area (Å²) in [6.07, 6.45) is 0.163. The first-order valence-corrected chi connectivity index (χ1v) is 10.0. The number of aryl methyl sites for hydroxylation is 1. The van der Waals surface area contributed by atoms with Gasteiger partial charge in [-0.1, -0.05) is 19.1 Å². The number of ether oxygens (including phenoxy) is 1. The van der Waals surface area contributed by atoms with Gasteiger partial charge in [0.25, 0.3) is 0 Å². The van der Waals surface area contributed by atoms with Crippen LogP contribution in [0.1, 0.15) is 18.1 Å². The highest BCUT2D eigenvalue weighted by Crippen LogP contribution is 2.21. The average Bonchev–Trinajstić information content (AvgIpc) is 2.61. The second-order valence-electron chi connectivity index (χ2n) is 5.93. The zero-order valence-electron chi connectivity index (χ0n) is 15.3. The van der Waals surface area contributed by atoms with Crippen LogP contribution in [0.4, 0.5) is 4.39 Å². The van der Waals surface area contributed by atoms with E-state index in [-0.39, 0.29) is 29.6 Å². The van der Waals surface area contributed by atoms with Crippen LogP contribution in [0, 0.1) is 12.7 Å². The second kappa shape index (κ2) is 9.48. The van der Waals surface area contributed by atoms with Gasteiger partial charge in [0.15, 0.2) is 0 Å². The smallest absolute Gasteiger partial charge is 0.240 e. The van der Waals surface area contributed by atoms with E-state index in [1.165, 1.54) is 18.2 Å². The third-order valence-electron chi connectivity index (χ3n) is 3.75. The summed E-state index contributed by atoms with van der Waals surface area (Å²) in [7, 11) is -3.50. The van der Waals surface area contributed by atoms with Crippen molar-refractivity contribution in [1.82, 2.24) is 10.0 Å². The van der Waals surface area contributed by atoms with E-state index in [9.17, 15) is 17.6 Å². The van der Waals surface area contributed by atoms with Crippen LogP contribution in [0.5, 0.6) is 5.75 Å². The first kappa shape index (κ1) is 20.9. The van der Waals surface area contributed by atoms with Crippen LogP contribution in [-0.4, -0.2) is 34.0 Å². The Hall–Kier alpha value is -2.45. The molecule has 0 spiro atoms. The number of sulfonamides is 1. The molecule has 0 aromatic heterocycles. The zero-order chi connectivity index (χ0) is 19.9. The maximum atomic E-state index is 12.8. The van der Waals surface area contributed by atoms with Gasteiger partial charge in [0.1, 0.15) is 18.2 Å². The minimum Gasteiger partial charge on any atom is -0.491 e. The van der Waals surface area contributed by atoms with Crippen LogP contribution in [0.3, 0.4) is 0 Å². The van der Waals surface area contributed by atoms with E-state index in [0.29, 0.717) is 24.4 Å². The van der Waals surface area contributed by atoms with Crippen molar-refractivity contribution < 1.29 is 22.3 Å². The van der Waals surface area contributed by atoms with E-state index in [2.05, 4.69) is 10.0 Å². The SMILES string of the molecule is CCNS(=O)(=O)c1ccc(OCCNC(=O)Cc2ccc(F)cc2)c(C)c1. The molecule has 0 unspecified atom stereocenters. The Bertz CT molecular complexity index is 883. The van der Waals surface area contributed by atoms with E-state index in [4.69, 9.17) is 4.74 Å². The molecule has 0 bridgehead atoms. The molecule has 146 valence electrons. The van der Waals surface area contributed by atoms with E-state index in [1.807, 2.05) is 0 Å². The Morgan fingerprint density at radius 1 is 1.15 bits per heavy atom. The molecule has 0 fully saturated rings. The lowest BCUT2D eigenvalue weighted by molar-refractivity contribution is -0.120. The van der Waals surface area contributed by atoms with Crippen LogP contribution >= 0.6 is 0 Å². The van der Waals surface area contributed by atoms with Gasteiger partial charge in [0.05, 0.1) is 17.9 Å². The molecular weight excluding hydrogens is 371 g/mol. The van der Waals surface area contributed by atoms with Crippen LogP contribution in [0.15, 0.2) is 47.4 Å². The number of carbonyl (C=O) groups excluding carboxylic acids is 1. The van der Waals surface area contributed by atoms with Crippen LogP contribution in [-0.2, 0) is 21.2 Å². The number of benzene rings is 2. The molecule has 0 aliphatic carbocycles. The van der Waals surface area contributed by atoms with Gasteiger partial charge < -0.3 is 10.1 Å². The summed E-state index contributed by atoms with van der Waals surface area (Å²) in [5.74, 6) is 0.0273. The summed E-state index contributed by atoms with van der Waals surface area (Å²) in [6.45, 7) is 4.34. The highest BCUT2D eigenvalue weighted by Gasteiger charge is 2.14. The van der Waals surface area contributed by atoms with E-state index in [0.717, 1.165) is 5.56 Å². The van der Waals surface area contributed by atoms with Crippen molar-refractivity contribution in [2.24, 2.45) is 0 Å². The number of rotatable bonds is 9. The average molecular weight is 394 g/mol. The van der Waals surface area contributed by atoms with Gasteiger partial charge in [-0.05, 0) is 48.4 Å². The van der Waals surface area contributed by atoms with Crippen molar-refractivity contribution in [3.05, 3.63) is 59.4 Å². The molecule has 2 aromatic carbocycles. The Morgan fingerprint density at radius 2 is 1.85 bits per heavy atom. The quantitative estimate of drug-likeness (QED) is 0.639. The fraction of sp³-hybridized carbons (Fsp3) is 0.316. The van der Waals surface area contributed by atoms with Gasteiger partial charge in [0, 0.05) is 6.54 Å². The van der Waals surface area contributed by atoms with E-state index in [1.54, 1.807) is 38.1 Å². The molecule has 1 amide bonds. The van der Waals surface area contributed by atoms with Crippen LogP contribution in [0.25, 0.3) is 0 Å². The lowest BCUT2D eigenvalue weighted by atomic mass is 10.1. The van der Waals surface area contributed by atoms with E-state index < -0.39 is 10.0 Å². The van der Waals surface area contributed by atoms with Crippen molar-refractivity contribution in [2.75, 3.05) is 19.7 Å². The van der Waals surface area contributed by atoms with Crippen molar-refractivity contribution >= 4 is 15.9 Å². The predicted octanol–water partition coefficient (Wildman–Crippen LogP) is 2.17. The number of carbonyl (C=O) groups is 1. The Morgan fingerprint density at radius 3 is 2.48 bits per heavy atom. The summed E-state index contributed by atoms with van der Waals surface area (Å²) in [5.41, 5.74) is 1.41. The highest BCUT2D eigenvalue weighted by atomic mass is 32.2. The van der Waals surface area contributed by atoms with Crippen LogP contribution < -0.4 is 14.8 Å². The summed E-state index contributed by atoms with van der Waals surface area (Å²) >= 11 is 0. The van der Waals surface area contributed by atoms with Gasteiger partial charge in [-0.2, -0.15) is 0 Å². The number of hydrogen-bond donors (Lipinski definition) is 2. The number of hydrogen-bond acceptors (Lipinski definition) is 4. The Kier molecular flexibility index (Phi) is 7.32. The second-order valence-corrected chi connectivity index (χ2v) is 7.70. The van der Waals surface area contributed by atoms with Crippen molar-refractivity contribution in [1.29, 1.82) is 0 Å². The number of amides is 1. The van der Waals surface area contributed by atoms with Gasteiger partial charge in [-0.25, -0.2) is 17.5 Å². The fourth-order valence-corrected chi connectivity index (χ4v) is 3.55. The largest absolute Gasteiger partial charge is 0.491 e. The maximum absolute atomic E-state index is 12.8. The van der Waals surface area contributed by atoms with Crippen molar-refractivity contribution in [2.45, 2.75) is 25.2 Å². The molecule has 8 heteroatoms. The topological polar surface area (TPSA) is 84.5 Å². The Balaban J connectivity index is 1.81. The summed E-state index contributed by atoms with van der Waals surface area (Å²) in [4.78, 5) is 12.0. The highest BCUT2D eigenvalue weighted by molar-refractivity contribution is 7.89. The minimum absolute atomic E-state index is 0.163. The normalized spacial score (nSPS) is 11.2. The lowest BCUT2D eigenvalue weighted by Gasteiger charge is -2.12. The Labute approximate surface area is 158 Å². The fourth-order valence-electron chi connectivity index (χ4n) is 2.43. The standard InChI is InChI=1S/C19H23FN2O4S/c1-3-22-27(24,25)17-8-9-18(14(2)12-17)26-11-10-21-19(23)13-15-4-6-16(20)7-5-15/h4-9,12,22H,3,10-11,13H2,1-2H3,(H,21,23). The van der Waals surface area contributed by atoms with E-state index >= 15 is 0 Å². The maximum Gasteiger partial charge on any atom is 0.240 e. The minimum atomic E-state index is -3.50. The molecule has 2 rings (SSSR count).